The number of amides is 1. The Kier molecular flexibility index (Phi) is 7.16. The Bertz CT molecular complexity index is 1020. The molecule has 32 heavy (non-hydrogen) atoms. The second-order valence-corrected chi connectivity index (χ2v) is 8.21. The van der Waals surface area contributed by atoms with E-state index in [1.165, 1.54) is 6.07 Å². The van der Waals surface area contributed by atoms with Crippen LogP contribution in [0.2, 0.25) is 0 Å². The van der Waals surface area contributed by atoms with Gasteiger partial charge in [-0.05, 0) is 37.5 Å². The molecule has 1 aromatic carbocycles. The summed E-state index contributed by atoms with van der Waals surface area (Å²) in [5.41, 5.74) is 2.86. The van der Waals surface area contributed by atoms with E-state index in [9.17, 15) is 14.0 Å². The minimum Gasteiger partial charge on any atom is -0.383 e. The number of nitrogens with one attached hydrogen (secondary N) is 2. The van der Waals surface area contributed by atoms with Crippen molar-refractivity contribution in [3.05, 3.63) is 56.8 Å². The van der Waals surface area contributed by atoms with Crippen LogP contribution in [0.4, 0.5) is 10.1 Å². The highest BCUT2D eigenvalue weighted by Gasteiger charge is 2.25. The third-order valence-electron chi connectivity index (χ3n) is 6.11. The third-order valence-corrected chi connectivity index (χ3v) is 6.11. The van der Waals surface area contributed by atoms with Gasteiger partial charge < -0.3 is 15.0 Å². The van der Waals surface area contributed by atoms with E-state index >= 15 is 0 Å². The van der Waals surface area contributed by atoms with E-state index in [0.29, 0.717) is 50.4 Å². The Morgan fingerprint density at radius 2 is 2.06 bits per heavy atom. The van der Waals surface area contributed by atoms with Gasteiger partial charge in [0.25, 0.3) is 11.5 Å². The van der Waals surface area contributed by atoms with E-state index in [1.807, 2.05) is 6.92 Å². The molecule has 1 saturated heterocycles. The van der Waals surface area contributed by atoms with Crippen LogP contribution in [0.5, 0.6) is 0 Å². The molecule has 3 heterocycles. The Morgan fingerprint density at radius 1 is 1.25 bits per heavy atom. The zero-order chi connectivity index (χ0) is 22.5. The largest absolute Gasteiger partial charge is 0.383 e. The molecular weight excluding hydrogens is 413 g/mol. The highest BCUT2D eigenvalue weighted by Crippen LogP contribution is 2.24. The van der Waals surface area contributed by atoms with Crippen LogP contribution in [0.25, 0.3) is 0 Å². The summed E-state index contributed by atoms with van der Waals surface area (Å²) in [4.78, 5) is 29.1. The van der Waals surface area contributed by atoms with Gasteiger partial charge in [-0.25, -0.2) is 9.49 Å². The first-order valence-electron chi connectivity index (χ1n) is 11.3. The summed E-state index contributed by atoms with van der Waals surface area (Å²) >= 11 is 0. The molecule has 8 nitrogen and oxygen atoms in total. The standard InChI is InChI=1S/C23H30FN5O3/c1-2-32-13-12-28-8-10-29(11-9-28)23(31)18-14-16(5-6-19(18)24)15-20-21-17(4-3-7-25-21)22(30)27-26-20/h5-6,14,25H,2-4,7-13,15H2,1H3,(H,27,30). The van der Waals surface area contributed by atoms with Crippen molar-refractivity contribution in [2.75, 3.05) is 57.8 Å². The lowest BCUT2D eigenvalue weighted by Crippen LogP contribution is -2.49. The van der Waals surface area contributed by atoms with Gasteiger partial charge in [0, 0.05) is 57.9 Å². The number of carbonyl (C=O) groups is 1. The van der Waals surface area contributed by atoms with Gasteiger partial charge >= 0.3 is 0 Å². The molecule has 4 rings (SSSR count). The van der Waals surface area contributed by atoms with Crippen molar-refractivity contribution in [3.8, 4) is 0 Å². The van der Waals surface area contributed by atoms with Crippen molar-refractivity contribution in [2.45, 2.75) is 26.2 Å². The number of rotatable bonds is 7. The molecular formula is C23H30FN5O3. The molecule has 2 aliphatic heterocycles. The molecule has 0 saturated carbocycles. The predicted molar refractivity (Wildman–Crippen MR) is 120 cm³/mol. The molecule has 0 bridgehead atoms. The van der Waals surface area contributed by atoms with Gasteiger partial charge in [0.15, 0.2) is 0 Å². The summed E-state index contributed by atoms with van der Waals surface area (Å²) in [6.45, 7) is 7.59. The van der Waals surface area contributed by atoms with Gasteiger partial charge in [0.2, 0.25) is 0 Å². The Morgan fingerprint density at radius 3 is 2.84 bits per heavy atom. The lowest BCUT2D eigenvalue weighted by Gasteiger charge is -2.34. The minimum atomic E-state index is -0.521. The lowest BCUT2D eigenvalue weighted by molar-refractivity contribution is 0.0561. The second-order valence-electron chi connectivity index (χ2n) is 8.21. The summed E-state index contributed by atoms with van der Waals surface area (Å²) in [5.74, 6) is -0.810. The van der Waals surface area contributed by atoms with Crippen molar-refractivity contribution in [2.24, 2.45) is 0 Å². The molecule has 9 heteroatoms. The zero-order valence-corrected chi connectivity index (χ0v) is 18.5. The van der Waals surface area contributed by atoms with Crippen LogP contribution < -0.4 is 10.9 Å². The highest BCUT2D eigenvalue weighted by atomic mass is 19.1. The van der Waals surface area contributed by atoms with E-state index in [-0.39, 0.29) is 17.0 Å². The molecule has 0 unspecified atom stereocenters. The average Bonchev–Trinajstić information content (AvgIpc) is 2.82. The maximum absolute atomic E-state index is 14.6. The van der Waals surface area contributed by atoms with Gasteiger partial charge in [-0.1, -0.05) is 6.07 Å². The van der Waals surface area contributed by atoms with Crippen LogP contribution >= 0.6 is 0 Å². The molecule has 1 aromatic heterocycles. The zero-order valence-electron chi connectivity index (χ0n) is 18.5. The quantitative estimate of drug-likeness (QED) is 0.633. The Balaban J connectivity index is 1.46. The fraction of sp³-hybridized carbons (Fsp3) is 0.522. The highest BCUT2D eigenvalue weighted by molar-refractivity contribution is 5.94. The minimum absolute atomic E-state index is 0.0801. The van der Waals surface area contributed by atoms with Crippen molar-refractivity contribution in [1.82, 2.24) is 20.0 Å². The van der Waals surface area contributed by atoms with E-state index in [1.54, 1.807) is 17.0 Å². The van der Waals surface area contributed by atoms with Gasteiger partial charge in [0.1, 0.15) is 5.82 Å². The molecule has 1 amide bonds. The number of hydrogen-bond acceptors (Lipinski definition) is 6. The van der Waals surface area contributed by atoms with E-state index in [2.05, 4.69) is 20.4 Å². The van der Waals surface area contributed by atoms with Gasteiger partial charge in [-0.3, -0.25) is 14.5 Å². The topological polar surface area (TPSA) is 90.6 Å². The van der Waals surface area contributed by atoms with Crippen LogP contribution in [0.1, 0.15) is 40.5 Å². The first kappa shape index (κ1) is 22.4. The number of hydrogen-bond donors (Lipinski definition) is 2. The molecule has 1 fully saturated rings. The normalized spacial score (nSPS) is 16.5. The number of carbonyl (C=O) groups excluding carboxylic acids is 1. The SMILES string of the molecule is CCOCCN1CCN(C(=O)c2cc(Cc3n[nH]c(=O)c4c3NCCC4)ccc2F)CC1. The smallest absolute Gasteiger partial charge is 0.269 e. The molecule has 2 N–H and O–H groups in total. The number of halogens is 1. The number of benzene rings is 1. The molecule has 172 valence electrons. The number of fused-ring (bicyclic) bond motifs is 1. The van der Waals surface area contributed by atoms with Gasteiger partial charge in [-0.2, -0.15) is 5.10 Å². The van der Waals surface area contributed by atoms with E-state index in [4.69, 9.17) is 4.74 Å². The van der Waals surface area contributed by atoms with Crippen LogP contribution in [0, 0.1) is 5.82 Å². The van der Waals surface area contributed by atoms with Crippen molar-refractivity contribution < 1.29 is 13.9 Å². The van der Waals surface area contributed by atoms with Gasteiger partial charge in [-0.15, -0.1) is 0 Å². The number of anilines is 1. The van der Waals surface area contributed by atoms with E-state index < -0.39 is 5.82 Å². The Labute approximate surface area is 186 Å². The third kappa shape index (κ3) is 4.99. The predicted octanol–water partition coefficient (Wildman–Crippen LogP) is 1.65. The maximum atomic E-state index is 14.6. The summed E-state index contributed by atoms with van der Waals surface area (Å²) in [6.07, 6.45) is 2.00. The molecule has 2 aromatic rings. The molecule has 0 radical (unpaired) electrons. The number of ether oxygens (including phenoxy) is 1. The van der Waals surface area contributed by atoms with Crippen molar-refractivity contribution in [1.29, 1.82) is 0 Å². The van der Waals surface area contributed by atoms with Crippen LogP contribution in [0.3, 0.4) is 0 Å². The second kappa shape index (κ2) is 10.2. The number of aromatic nitrogens is 2. The molecule has 0 atom stereocenters. The fourth-order valence-electron chi connectivity index (χ4n) is 4.31. The monoisotopic (exact) mass is 443 g/mol. The van der Waals surface area contributed by atoms with Crippen LogP contribution in [-0.2, 0) is 17.6 Å². The molecule has 2 aliphatic rings. The molecule has 0 spiro atoms. The lowest BCUT2D eigenvalue weighted by atomic mass is 9.99. The Hall–Kier alpha value is -2.78. The fourth-order valence-corrected chi connectivity index (χ4v) is 4.31. The average molecular weight is 444 g/mol. The number of nitrogens with zero attached hydrogens (tertiary/aromatic N) is 3. The number of piperazine rings is 1. The van der Waals surface area contributed by atoms with Crippen molar-refractivity contribution >= 4 is 11.6 Å². The van der Waals surface area contributed by atoms with Crippen LogP contribution in [-0.4, -0.2) is 78.4 Å². The summed E-state index contributed by atoms with van der Waals surface area (Å²) in [5, 5.41) is 10.0. The molecule has 0 aliphatic carbocycles. The summed E-state index contributed by atoms with van der Waals surface area (Å²) < 4.78 is 20.0. The first-order valence-corrected chi connectivity index (χ1v) is 11.3. The van der Waals surface area contributed by atoms with Crippen molar-refractivity contribution in [3.63, 3.8) is 0 Å². The van der Waals surface area contributed by atoms with Gasteiger partial charge in [0.05, 0.1) is 23.6 Å². The maximum Gasteiger partial charge on any atom is 0.269 e. The van der Waals surface area contributed by atoms with Crippen LogP contribution in [0.15, 0.2) is 23.0 Å². The first-order chi connectivity index (χ1) is 15.6. The van der Waals surface area contributed by atoms with E-state index in [0.717, 1.165) is 43.9 Å². The number of aromatic amines is 1. The number of H-pyrrole nitrogens is 1. The summed E-state index contributed by atoms with van der Waals surface area (Å²) in [7, 11) is 0. The summed E-state index contributed by atoms with van der Waals surface area (Å²) in [6, 6.07) is 4.62.